The number of nitrogens with zero attached hydrogens (tertiary/aromatic N) is 1. The highest BCUT2D eigenvalue weighted by molar-refractivity contribution is 9.10. The average Bonchev–Trinajstić information content (AvgIpc) is 2.43. The van der Waals surface area contributed by atoms with E-state index in [1.807, 2.05) is 12.1 Å². The first-order chi connectivity index (χ1) is 10.1. The molecule has 1 aromatic carbocycles. The Morgan fingerprint density at radius 2 is 2.14 bits per heavy atom. The van der Waals surface area contributed by atoms with Gasteiger partial charge in [-0.3, -0.25) is 0 Å². The van der Waals surface area contributed by atoms with E-state index in [4.69, 9.17) is 4.74 Å². The van der Waals surface area contributed by atoms with Crippen molar-refractivity contribution in [1.82, 2.24) is 10.3 Å². The topological polar surface area (TPSA) is 34.2 Å². The van der Waals surface area contributed by atoms with Crippen LogP contribution >= 0.6 is 15.9 Å². The molecule has 1 heterocycles. The maximum absolute atomic E-state index is 13.1. The highest BCUT2D eigenvalue weighted by Crippen LogP contribution is 2.30. The zero-order chi connectivity index (χ0) is 15.2. The number of aromatic nitrogens is 1. The van der Waals surface area contributed by atoms with Gasteiger partial charge in [0.2, 0.25) is 5.88 Å². The van der Waals surface area contributed by atoms with E-state index in [1.54, 1.807) is 12.3 Å². The molecule has 0 aliphatic rings. The van der Waals surface area contributed by atoms with E-state index >= 15 is 0 Å². The molecule has 0 fully saturated rings. The van der Waals surface area contributed by atoms with Crippen molar-refractivity contribution in [1.29, 1.82) is 0 Å². The Bertz CT molecular complexity index is 605. The van der Waals surface area contributed by atoms with E-state index in [0.717, 1.165) is 12.1 Å². The number of benzene rings is 1. The second-order valence-electron chi connectivity index (χ2n) is 5.17. The molecule has 0 aliphatic carbocycles. The Balaban J connectivity index is 2.12. The van der Waals surface area contributed by atoms with Gasteiger partial charge in [-0.15, -0.1) is 0 Å². The third kappa shape index (κ3) is 4.79. The molecule has 1 N–H and O–H groups in total. The fourth-order valence-corrected chi connectivity index (χ4v) is 2.24. The lowest BCUT2D eigenvalue weighted by molar-refractivity contribution is 0.446. The molecule has 0 amide bonds. The fraction of sp³-hybridized carbons (Fsp3) is 0.312. The Kier molecular flexibility index (Phi) is 5.70. The highest BCUT2D eigenvalue weighted by atomic mass is 79.9. The van der Waals surface area contributed by atoms with Gasteiger partial charge in [0, 0.05) is 18.3 Å². The molecule has 0 atom stereocenters. The molecule has 0 unspecified atom stereocenters. The Hall–Kier alpha value is -1.46. The normalized spacial score (nSPS) is 10.9. The molecule has 1 aromatic heterocycles. The zero-order valence-corrected chi connectivity index (χ0v) is 13.7. The minimum Gasteiger partial charge on any atom is -0.438 e. The third-order valence-electron chi connectivity index (χ3n) is 2.82. The van der Waals surface area contributed by atoms with Crippen molar-refractivity contribution < 1.29 is 9.13 Å². The number of ether oxygens (including phenoxy) is 1. The Labute approximate surface area is 132 Å². The van der Waals surface area contributed by atoms with Crippen molar-refractivity contribution in [3.05, 3.63) is 52.4 Å². The van der Waals surface area contributed by atoms with Crippen LogP contribution in [0.1, 0.15) is 19.4 Å². The standard InChI is InChI=1S/C16H18BrFN2O/c1-11(2)9-19-10-12-4-3-7-20-16(12)21-15-6-5-13(18)8-14(15)17/h3-8,11,19H,9-10H2,1-2H3. The number of hydrogen-bond donors (Lipinski definition) is 1. The third-order valence-corrected chi connectivity index (χ3v) is 3.44. The summed E-state index contributed by atoms with van der Waals surface area (Å²) in [5.74, 6) is 1.34. The van der Waals surface area contributed by atoms with E-state index in [0.29, 0.717) is 28.6 Å². The molecule has 3 nitrogen and oxygen atoms in total. The van der Waals surface area contributed by atoms with Crippen LogP contribution < -0.4 is 10.1 Å². The number of nitrogens with one attached hydrogen (secondary N) is 1. The molecule has 2 aromatic rings. The first-order valence-electron chi connectivity index (χ1n) is 6.84. The Morgan fingerprint density at radius 3 is 2.86 bits per heavy atom. The smallest absolute Gasteiger partial charge is 0.223 e. The first kappa shape index (κ1) is 15.9. The molecule has 0 spiro atoms. The van der Waals surface area contributed by atoms with Crippen LogP contribution in [0.25, 0.3) is 0 Å². The first-order valence-corrected chi connectivity index (χ1v) is 7.63. The van der Waals surface area contributed by atoms with Crippen molar-refractivity contribution in [2.75, 3.05) is 6.54 Å². The summed E-state index contributed by atoms with van der Waals surface area (Å²) >= 11 is 3.29. The van der Waals surface area contributed by atoms with Gasteiger partial charge in [0.05, 0.1) is 4.47 Å². The van der Waals surface area contributed by atoms with Crippen LogP contribution in [0.3, 0.4) is 0 Å². The molecule has 0 saturated heterocycles. The number of hydrogen-bond acceptors (Lipinski definition) is 3. The van der Waals surface area contributed by atoms with E-state index in [1.165, 1.54) is 12.1 Å². The quantitative estimate of drug-likeness (QED) is 0.829. The molecule has 0 radical (unpaired) electrons. The van der Waals surface area contributed by atoms with Gasteiger partial charge < -0.3 is 10.1 Å². The van der Waals surface area contributed by atoms with Crippen molar-refractivity contribution in [2.45, 2.75) is 20.4 Å². The van der Waals surface area contributed by atoms with E-state index < -0.39 is 0 Å². The van der Waals surface area contributed by atoms with E-state index in [2.05, 4.69) is 40.1 Å². The van der Waals surface area contributed by atoms with Gasteiger partial charge >= 0.3 is 0 Å². The van der Waals surface area contributed by atoms with Crippen LogP contribution in [0.4, 0.5) is 4.39 Å². The van der Waals surface area contributed by atoms with Gasteiger partial charge in [-0.1, -0.05) is 19.9 Å². The summed E-state index contributed by atoms with van der Waals surface area (Å²) in [7, 11) is 0. The molecule has 21 heavy (non-hydrogen) atoms. The second-order valence-corrected chi connectivity index (χ2v) is 6.02. The molecule has 5 heteroatoms. The molecule has 112 valence electrons. The number of pyridine rings is 1. The van der Waals surface area contributed by atoms with Gasteiger partial charge in [0.1, 0.15) is 11.6 Å². The molecular formula is C16H18BrFN2O. The highest BCUT2D eigenvalue weighted by Gasteiger charge is 2.09. The van der Waals surface area contributed by atoms with Gasteiger partial charge in [-0.05, 0) is 52.7 Å². The minimum absolute atomic E-state index is 0.311. The van der Waals surface area contributed by atoms with Crippen molar-refractivity contribution in [2.24, 2.45) is 5.92 Å². The largest absolute Gasteiger partial charge is 0.438 e. The van der Waals surface area contributed by atoms with E-state index in [-0.39, 0.29) is 5.82 Å². The van der Waals surface area contributed by atoms with Crippen molar-refractivity contribution in [3.63, 3.8) is 0 Å². The molecular weight excluding hydrogens is 335 g/mol. The van der Waals surface area contributed by atoms with Crippen LogP contribution in [0.2, 0.25) is 0 Å². The second kappa shape index (κ2) is 7.52. The summed E-state index contributed by atoms with van der Waals surface area (Å²) < 4.78 is 19.4. The van der Waals surface area contributed by atoms with Gasteiger partial charge in [0.15, 0.2) is 0 Å². The summed E-state index contributed by atoms with van der Waals surface area (Å²) in [4.78, 5) is 4.26. The van der Waals surface area contributed by atoms with Crippen LogP contribution in [0.5, 0.6) is 11.6 Å². The fourth-order valence-electron chi connectivity index (χ4n) is 1.81. The van der Waals surface area contributed by atoms with E-state index in [9.17, 15) is 4.39 Å². The lowest BCUT2D eigenvalue weighted by Gasteiger charge is -2.12. The summed E-state index contributed by atoms with van der Waals surface area (Å²) in [5, 5.41) is 3.36. The maximum atomic E-state index is 13.1. The summed E-state index contributed by atoms with van der Waals surface area (Å²) in [5.41, 5.74) is 0.967. The predicted octanol–water partition coefficient (Wildman–Crippen LogP) is 4.52. The van der Waals surface area contributed by atoms with Crippen molar-refractivity contribution in [3.8, 4) is 11.6 Å². The van der Waals surface area contributed by atoms with Crippen LogP contribution in [0, 0.1) is 11.7 Å². The molecule has 0 aliphatic heterocycles. The lowest BCUT2D eigenvalue weighted by Crippen LogP contribution is -2.19. The molecule has 0 saturated carbocycles. The minimum atomic E-state index is -0.311. The van der Waals surface area contributed by atoms with Gasteiger partial charge in [-0.25, -0.2) is 9.37 Å². The predicted molar refractivity (Wildman–Crippen MR) is 85.0 cm³/mol. The monoisotopic (exact) mass is 352 g/mol. The summed E-state index contributed by atoms with van der Waals surface area (Å²) in [6.07, 6.45) is 1.68. The van der Waals surface area contributed by atoms with Crippen LogP contribution in [-0.2, 0) is 6.54 Å². The Morgan fingerprint density at radius 1 is 1.33 bits per heavy atom. The van der Waals surface area contributed by atoms with Gasteiger partial charge in [-0.2, -0.15) is 0 Å². The molecule has 0 bridgehead atoms. The summed E-state index contributed by atoms with van der Waals surface area (Å²) in [6, 6.07) is 8.15. The maximum Gasteiger partial charge on any atom is 0.223 e. The van der Waals surface area contributed by atoms with Gasteiger partial charge in [0.25, 0.3) is 0 Å². The number of rotatable bonds is 6. The zero-order valence-electron chi connectivity index (χ0n) is 12.1. The van der Waals surface area contributed by atoms with Crippen LogP contribution in [0.15, 0.2) is 41.0 Å². The van der Waals surface area contributed by atoms with Crippen molar-refractivity contribution >= 4 is 15.9 Å². The number of halogens is 2. The SMILES string of the molecule is CC(C)CNCc1cccnc1Oc1ccc(F)cc1Br. The molecule has 2 rings (SSSR count). The van der Waals surface area contributed by atoms with Crippen LogP contribution in [-0.4, -0.2) is 11.5 Å². The average molecular weight is 353 g/mol. The lowest BCUT2D eigenvalue weighted by atomic mass is 10.2. The summed E-state index contributed by atoms with van der Waals surface area (Å²) in [6.45, 7) is 5.92.